The average Bonchev–Trinajstić information content (AvgIpc) is 3.24. The highest BCUT2D eigenvalue weighted by Crippen LogP contribution is 2.50. The summed E-state index contributed by atoms with van der Waals surface area (Å²) < 4.78 is 23.1. The SMILES string of the molecule is COc1ccc(C2C3=C(CC(C)(C)CC3=O)Nc3ccccc3N2CC(=O)N2CCN(C(=O)C3COc4ccccc4O3)CC2)c(OC)c1. The highest BCUT2D eigenvalue weighted by atomic mass is 16.6. The van der Waals surface area contributed by atoms with Crippen LogP contribution in [0.2, 0.25) is 0 Å². The first-order chi connectivity index (χ1) is 23.7. The van der Waals surface area contributed by atoms with E-state index in [1.807, 2.05) is 65.6 Å². The molecule has 2 atom stereocenters. The number of para-hydroxylation sites is 4. The van der Waals surface area contributed by atoms with Crippen molar-refractivity contribution in [3.05, 3.63) is 83.6 Å². The Kier molecular flexibility index (Phi) is 8.60. The van der Waals surface area contributed by atoms with E-state index < -0.39 is 12.1 Å². The van der Waals surface area contributed by atoms with Gasteiger partial charge in [-0.1, -0.05) is 38.1 Å². The highest BCUT2D eigenvalue weighted by Gasteiger charge is 2.43. The number of Topliss-reactive ketones (excluding diaryl/α,β-unsaturated/α-hetero) is 1. The summed E-state index contributed by atoms with van der Waals surface area (Å²) >= 11 is 0. The molecule has 0 aromatic heterocycles. The molecule has 0 saturated carbocycles. The zero-order chi connectivity index (χ0) is 34.3. The fraction of sp³-hybridized carbons (Fsp3) is 0.395. The van der Waals surface area contributed by atoms with E-state index in [2.05, 4.69) is 19.2 Å². The number of anilines is 2. The summed E-state index contributed by atoms with van der Waals surface area (Å²) in [5, 5.41) is 3.61. The second-order valence-corrected chi connectivity index (χ2v) is 13.7. The zero-order valence-electron chi connectivity index (χ0n) is 28.4. The molecule has 0 radical (unpaired) electrons. The van der Waals surface area contributed by atoms with Crippen LogP contribution < -0.4 is 29.2 Å². The molecule has 3 aliphatic heterocycles. The van der Waals surface area contributed by atoms with E-state index in [-0.39, 0.29) is 36.2 Å². The monoisotopic (exact) mass is 666 g/mol. The third-order valence-corrected chi connectivity index (χ3v) is 9.77. The second kappa shape index (κ2) is 13.0. The van der Waals surface area contributed by atoms with Crippen LogP contribution in [0.3, 0.4) is 0 Å². The molecule has 0 bridgehead atoms. The van der Waals surface area contributed by atoms with Gasteiger partial charge in [-0.2, -0.15) is 0 Å². The van der Waals surface area contributed by atoms with Crippen LogP contribution in [-0.4, -0.2) is 87.1 Å². The normalized spacial score (nSPS) is 21.2. The number of piperazine rings is 1. The number of rotatable bonds is 6. The van der Waals surface area contributed by atoms with Gasteiger partial charge in [0.2, 0.25) is 12.0 Å². The number of nitrogens with zero attached hydrogens (tertiary/aromatic N) is 3. The van der Waals surface area contributed by atoms with Crippen molar-refractivity contribution >= 4 is 29.0 Å². The summed E-state index contributed by atoms with van der Waals surface area (Å²) in [7, 11) is 3.20. The molecule has 49 heavy (non-hydrogen) atoms. The number of ether oxygens (including phenoxy) is 4. The number of carbonyl (C=O) groups is 3. The van der Waals surface area contributed by atoms with Crippen LogP contribution in [-0.2, 0) is 14.4 Å². The lowest BCUT2D eigenvalue weighted by Crippen LogP contribution is -2.56. The molecule has 256 valence electrons. The number of fused-ring (bicyclic) bond motifs is 2. The van der Waals surface area contributed by atoms with Gasteiger partial charge < -0.3 is 39.0 Å². The first-order valence-corrected chi connectivity index (χ1v) is 16.7. The van der Waals surface area contributed by atoms with E-state index in [1.165, 1.54) is 0 Å². The van der Waals surface area contributed by atoms with Crippen molar-refractivity contribution in [3.63, 3.8) is 0 Å². The zero-order valence-corrected chi connectivity index (χ0v) is 28.4. The Hall–Kier alpha value is -5.19. The van der Waals surface area contributed by atoms with Gasteiger partial charge in [-0.05, 0) is 48.2 Å². The first-order valence-electron chi connectivity index (χ1n) is 16.7. The lowest BCUT2D eigenvalue weighted by atomic mass is 9.73. The van der Waals surface area contributed by atoms with Gasteiger partial charge in [-0.15, -0.1) is 0 Å². The predicted molar refractivity (Wildman–Crippen MR) is 184 cm³/mol. The van der Waals surface area contributed by atoms with Crippen molar-refractivity contribution < 1.29 is 33.3 Å². The molecule has 0 spiro atoms. The van der Waals surface area contributed by atoms with Crippen molar-refractivity contribution in [3.8, 4) is 23.0 Å². The van der Waals surface area contributed by atoms with E-state index in [1.54, 1.807) is 30.1 Å². The van der Waals surface area contributed by atoms with Crippen LogP contribution in [0.15, 0.2) is 78.0 Å². The minimum absolute atomic E-state index is 0.0102. The summed E-state index contributed by atoms with van der Waals surface area (Å²) in [6.07, 6.45) is 0.327. The molecule has 2 amide bonds. The van der Waals surface area contributed by atoms with Crippen molar-refractivity contribution in [2.75, 3.05) is 63.8 Å². The minimum Gasteiger partial charge on any atom is -0.497 e. The Balaban J connectivity index is 1.17. The molecule has 1 fully saturated rings. The molecule has 7 rings (SSSR count). The van der Waals surface area contributed by atoms with E-state index in [9.17, 15) is 14.4 Å². The second-order valence-electron chi connectivity index (χ2n) is 13.7. The smallest absolute Gasteiger partial charge is 0.267 e. The fourth-order valence-electron chi connectivity index (χ4n) is 7.36. The van der Waals surface area contributed by atoms with Gasteiger partial charge in [0, 0.05) is 55.5 Å². The molecule has 1 aliphatic carbocycles. The number of hydrogen-bond acceptors (Lipinski definition) is 9. The number of allylic oxidation sites excluding steroid dienone is 1. The Labute approximate surface area is 286 Å². The summed E-state index contributed by atoms with van der Waals surface area (Å²) in [5.74, 6) is 2.15. The lowest BCUT2D eigenvalue weighted by Gasteiger charge is -2.40. The number of amides is 2. The van der Waals surface area contributed by atoms with Crippen LogP contribution >= 0.6 is 0 Å². The van der Waals surface area contributed by atoms with Gasteiger partial charge in [-0.3, -0.25) is 14.4 Å². The molecule has 4 aliphatic rings. The fourth-order valence-corrected chi connectivity index (χ4v) is 7.36. The van der Waals surface area contributed by atoms with Gasteiger partial charge >= 0.3 is 0 Å². The van der Waals surface area contributed by atoms with Crippen LogP contribution in [0.1, 0.15) is 38.3 Å². The van der Waals surface area contributed by atoms with Crippen LogP contribution in [0.5, 0.6) is 23.0 Å². The standard InChI is InChI=1S/C38H42N4O7/c1-38(2)20-27-35(29(43)21-38)36(25-14-13-24(46-3)19-32(25)47-4)42(28-10-6-5-9-26(28)39-27)22-34(44)40-15-17-41(18-16-40)37(45)33-23-48-30-11-7-8-12-31(30)49-33/h5-14,19,33,36,39H,15-18,20-23H2,1-4H3. The van der Waals surface area contributed by atoms with E-state index in [0.717, 1.165) is 22.6 Å². The number of nitrogens with one attached hydrogen (secondary N) is 1. The van der Waals surface area contributed by atoms with E-state index in [0.29, 0.717) is 67.6 Å². The third-order valence-electron chi connectivity index (χ3n) is 9.77. The van der Waals surface area contributed by atoms with E-state index in [4.69, 9.17) is 18.9 Å². The maximum absolute atomic E-state index is 14.2. The number of hydrogen-bond donors (Lipinski definition) is 1. The molecule has 3 heterocycles. The molecule has 1 saturated heterocycles. The Bertz CT molecular complexity index is 1810. The summed E-state index contributed by atoms with van der Waals surface area (Å²) in [4.78, 5) is 47.3. The van der Waals surface area contributed by atoms with Crippen LogP contribution in [0, 0.1) is 5.41 Å². The Morgan fingerprint density at radius 1 is 0.898 bits per heavy atom. The summed E-state index contributed by atoms with van der Waals surface area (Å²) in [6, 6.07) is 20.2. The van der Waals surface area contributed by atoms with Crippen LogP contribution in [0.25, 0.3) is 0 Å². The number of benzene rings is 3. The van der Waals surface area contributed by atoms with Gasteiger partial charge in [-0.25, -0.2) is 0 Å². The van der Waals surface area contributed by atoms with Crippen molar-refractivity contribution in [1.29, 1.82) is 0 Å². The van der Waals surface area contributed by atoms with Crippen LogP contribution in [0.4, 0.5) is 11.4 Å². The summed E-state index contributed by atoms with van der Waals surface area (Å²) in [5.41, 5.74) is 3.67. The predicted octanol–water partition coefficient (Wildman–Crippen LogP) is 4.83. The largest absolute Gasteiger partial charge is 0.497 e. The summed E-state index contributed by atoms with van der Waals surface area (Å²) in [6.45, 7) is 5.87. The van der Waals surface area contributed by atoms with Crippen molar-refractivity contribution in [2.24, 2.45) is 5.41 Å². The third kappa shape index (κ3) is 6.25. The molecule has 3 aromatic carbocycles. The van der Waals surface area contributed by atoms with Gasteiger partial charge in [0.05, 0.1) is 38.2 Å². The molecule has 2 unspecified atom stereocenters. The molecule has 11 heteroatoms. The minimum atomic E-state index is -0.737. The molecular formula is C38H42N4O7. The number of ketones is 1. The number of methoxy groups -OCH3 is 2. The molecular weight excluding hydrogens is 624 g/mol. The van der Waals surface area contributed by atoms with Gasteiger partial charge in [0.15, 0.2) is 17.3 Å². The molecule has 3 aromatic rings. The van der Waals surface area contributed by atoms with E-state index >= 15 is 0 Å². The Morgan fingerprint density at radius 3 is 2.37 bits per heavy atom. The topological polar surface area (TPSA) is 110 Å². The quantitative estimate of drug-likeness (QED) is 0.396. The first kappa shape index (κ1) is 32.4. The Morgan fingerprint density at radius 2 is 1.61 bits per heavy atom. The van der Waals surface area contributed by atoms with Gasteiger partial charge in [0.25, 0.3) is 5.91 Å². The average molecular weight is 667 g/mol. The highest BCUT2D eigenvalue weighted by molar-refractivity contribution is 6.02. The van der Waals surface area contributed by atoms with Crippen molar-refractivity contribution in [2.45, 2.75) is 38.8 Å². The van der Waals surface area contributed by atoms with Gasteiger partial charge in [0.1, 0.15) is 18.1 Å². The maximum atomic E-state index is 14.2. The lowest BCUT2D eigenvalue weighted by molar-refractivity contribution is -0.145. The number of carbonyl (C=O) groups excluding carboxylic acids is 3. The van der Waals surface area contributed by atoms with Crippen molar-refractivity contribution in [1.82, 2.24) is 9.80 Å². The molecule has 1 N–H and O–H groups in total. The maximum Gasteiger partial charge on any atom is 0.267 e. The molecule has 11 nitrogen and oxygen atoms in total.